The number of rotatable bonds is 9. The Bertz CT molecular complexity index is 835. The fraction of sp³-hybridized carbons (Fsp3) is 0.300. The van der Waals surface area contributed by atoms with Crippen LogP contribution in [0.25, 0.3) is 0 Å². The van der Waals surface area contributed by atoms with Crippen molar-refractivity contribution < 1.29 is 33.3 Å². The molecule has 0 aliphatic heterocycles. The van der Waals surface area contributed by atoms with E-state index in [0.29, 0.717) is 35.3 Å². The van der Waals surface area contributed by atoms with Gasteiger partial charge in [0.2, 0.25) is 0 Å². The van der Waals surface area contributed by atoms with Crippen LogP contribution in [0.1, 0.15) is 17.3 Å². The van der Waals surface area contributed by atoms with Crippen LogP contribution in [-0.2, 0) is 9.53 Å². The van der Waals surface area contributed by atoms with Gasteiger partial charge in [-0.3, -0.25) is 4.79 Å². The molecule has 0 aliphatic carbocycles. The lowest BCUT2D eigenvalue weighted by Gasteiger charge is -2.12. The Hall–Kier alpha value is -3.42. The number of hydrogen-bond acceptors (Lipinski definition) is 7. The summed E-state index contributed by atoms with van der Waals surface area (Å²) in [6.45, 7) is 1.78. The monoisotopic (exact) mass is 389 g/mol. The first-order valence-corrected chi connectivity index (χ1v) is 8.52. The highest BCUT2D eigenvalue weighted by Gasteiger charge is 2.15. The summed E-state index contributed by atoms with van der Waals surface area (Å²) in [5, 5.41) is 2.63. The average molecular weight is 389 g/mol. The third kappa shape index (κ3) is 5.29. The van der Waals surface area contributed by atoms with Crippen LogP contribution in [0.3, 0.4) is 0 Å². The van der Waals surface area contributed by atoms with Gasteiger partial charge in [-0.15, -0.1) is 0 Å². The standard InChI is InChI=1S/C20H23NO7/c1-5-27-18-10-13(6-9-16(18)25-3)20(23)28-12-19(22)21-15-8-7-14(24-2)11-17(15)26-4/h6-11H,5,12H2,1-4H3,(H,21,22). The molecule has 0 aliphatic rings. The van der Waals surface area contributed by atoms with Crippen LogP contribution in [0.5, 0.6) is 23.0 Å². The predicted octanol–water partition coefficient (Wildman–Crippen LogP) is 2.91. The molecule has 28 heavy (non-hydrogen) atoms. The van der Waals surface area contributed by atoms with Crippen LogP contribution in [0.2, 0.25) is 0 Å². The molecule has 0 saturated carbocycles. The van der Waals surface area contributed by atoms with E-state index < -0.39 is 18.5 Å². The van der Waals surface area contributed by atoms with Crippen molar-refractivity contribution in [3.8, 4) is 23.0 Å². The van der Waals surface area contributed by atoms with Gasteiger partial charge in [-0.25, -0.2) is 4.79 Å². The maximum Gasteiger partial charge on any atom is 0.338 e. The van der Waals surface area contributed by atoms with Crippen molar-refractivity contribution in [2.75, 3.05) is 39.9 Å². The smallest absolute Gasteiger partial charge is 0.338 e. The lowest BCUT2D eigenvalue weighted by atomic mass is 10.2. The Kier molecular flexibility index (Phi) is 7.50. The third-order valence-corrected chi connectivity index (χ3v) is 3.72. The molecule has 150 valence electrons. The summed E-state index contributed by atoms with van der Waals surface area (Å²) in [6.07, 6.45) is 0. The largest absolute Gasteiger partial charge is 0.497 e. The van der Waals surface area contributed by atoms with Gasteiger partial charge in [-0.2, -0.15) is 0 Å². The Morgan fingerprint density at radius 3 is 2.29 bits per heavy atom. The Labute approximate surface area is 163 Å². The number of hydrogen-bond donors (Lipinski definition) is 1. The van der Waals surface area contributed by atoms with Crippen molar-refractivity contribution in [3.63, 3.8) is 0 Å². The first-order valence-electron chi connectivity index (χ1n) is 8.52. The zero-order valence-corrected chi connectivity index (χ0v) is 16.2. The number of amides is 1. The summed E-state index contributed by atoms with van der Waals surface area (Å²) in [6, 6.07) is 9.59. The highest BCUT2D eigenvalue weighted by Crippen LogP contribution is 2.29. The summed E-state index contributed by atoms with van der Waals surface area (Å²) in [7, 11) is 4.51. The van der Waals surface area contributed by atoms with E-state index in [4.69, 9.17) is 23.7 Å². The van der Waals surface area contributed by atoms with Gasteiger partial charge in [0.05, 0.1) is 39.2 Å². The van der Waals surface area contributed by atoms with Gasteiger partial charge in [0, 0.05) is 6.07 Å². The number of carbonyl (C=O) groups is 2. The Morgan fingerprint density at radius 2 is 1.64 bits per heavy atom. The third-order valence-electron chi connectivity index (χ3n) is 3.72. The van der Waals surface area contributed by atoms with Crippen LogP contribution in [0.4, 0.5) is 5.69 Å². The van der Waals surface area contributed by atoms with E-state index in [1.807, 2.05) is 6.92 Å². The van der Waals surface area contributed by atoms with E-state index in [9.17, 15) is 9.59 Å². The molecule has 1 amide bonds. The molecule has 0 spiro atoms. The SMILES string of the molecule is CCOc1cc(C(=O)OCC(=O)Nc2ccc(OC)cc2OC)ccc1OC. The number of esters is 1. The van der Waals surface area contributed by atoms with E-state index >= 15 is 0 Å². The molecular weight excluding hydrogens is 366 g/mol. The summed E-state index contributed by atoms with van der Waals surface area (Å²) in [5.74, 6) is 0.784. The Balaban J connectivity index is 1.99. The van der Waals surface area contributed by atoms with E-state index in [1.54, 1.807) is 24.3 Å². The zero-order chi connectivity index (χ0) is 20.5. The van der Waals surface area contributed by atoms with Gasteiger partial charge >= 0.3 is 5.97 Å². The van der Waals surface area contributed by atoms with Crippen LogP contribution in [-0.4, -0.2) is 46.4 Å². The number of methoxy groups -OCH3 is 3. The number of ether oxygens (including phenoxy) is 5. The molecule has 0 radical (unpaired) electrons. The molecule has 0 bridgehead atoms. The minimum Gasteiger partial charge on any atom is -0.497 e. The van der Waals surface area contributed by atoms with Gasteiger partial charge in [-0.1, -0.05) is 0 Å². The van der Waals surface area contributed by atoms with E-state index in [2.05, 4.69) is 5.32 Å². The Morgan fingerprint density at radius 1 is 0.893 bits per heavy atom. The maximum atomic E-state index is 12.2. The lowest BCUT2D eigenvalue weighted by molar-refractivity contribution is -0.119. The number of nitrogens with one attached hydrogen (secondary N) is 1. The highest BCUT2D eigenvalue weighted by molar-refractivity contribution is 5.96. The van der Waals surface area contributed by atoms with Crippen molar-refractivity contribution in [3.05, 3.63) is 42.0 Å². The molecule has 1 N–H and O–H groups in total. The summed E-state index contributed by atoms with van der Waals surface area (Å²) >= 11 is 0. The van der Waals surface area contributed by atoms with Gasteiger partial charge in [0.15, 0.2) is 18.1 Å². The van der Waals surface area contributed by atoms with Crippen molar-refractivity contribution >= 4 is 17.6 Å². The second-order valence-corrected chi connectivity index (χ2v) is 5.49. The van der Waals surface area contributed by atoms with Crippen molar-refractivity contribution in [2.24, 2.45) is 0 Å². The zero-order valence-electron chi connectivity index (χ0n) is 16.2. The fourth-order valence-electron chi connectivity index (χ4n) is 2.37. The van der Waals surface area contributed by atoms with Gasteiger partial charge in [0.1, 0.15) is 11.5 Å². The molecule has 2 aromatic carbocycles. The maximum absolute atomic E-state index is 12.2. The van der Waals surface area contributed by atoms with Crippen molar-refractivity contribution in [2.45, 2.75) is 6.92 Å². The van der Waals surface area contributed by atoms with Gasteiger partial charge in [-0.05, 0) is 37.3 Å². The van der Waals surface area contributed by atoms with Crippen LogP contribution in [0, 0.1) is 0 Å². The molecule has 2 aromatic rings. The molecule has 8 nitrogen and oxygen atoms in total. The van der Waals surface area contributed by atoms with E-state index in [1.165, 1.54) is 33.5 Å². The lowest BCUT2D eigenvalue weighted by Crippen LogP contribution is -2.21. The molecular formula is C20H23NO7. The van der Waals surface area contributed by atoms with Crippen LogP contribution >= 0.6 is 0 Å². The average Bonchev–Trinajstić information content (AvgIpc) is 2.72. The first-order chi connectivity index (χ1) is 13.5. The number of anilines is 1. The molecule has 8 heteroatoms. The number of carbonyl (C=O) groups excluding carboxylic acids is 2. The second-order valence-electron chi connectivity index (χ2n) is 5.49. The topological polar surface area (TPSA) is 92.3 Å². The number of benzene rings is 2. The van der Waals surface area contributed by atoms with Crippen molar-refractivity contribution in [1.29, 1.82) is 0 Å². The molecule has 0 heterocycles. The van der Waals surface area contributed by atoms with Crippen molar-refractivity contribution in [1.82, 2.24) is 0 Å². The molecule has 0 unspecified atom stereocenters. The normalized spacial score (nSPS) is 10.0. The van der Waals surface area contributed by atoms with Gasteiger partial charge in [0.25, 0.3) is 5.91 Å². The van der Waals surface area contributed by atoms with Gasteiger partial charge < -0.3 is 29.0 Å². The molecule has 0 fully saturated rings. The highest BCUT2D eigenvalue weighted by atomic mass is 16.5. The summed E-state index contributed by atoms with van der Waals surface area (Å²) in [4.78, 5) is 24.3. The first kappa shape index (κ1) is 20.9. The summed E-state index contributed by atoms with van der Waals surface area (Å²) < 4.78 is 26.0. The molecule has 0 saturated heterocycles. The minimum absolute atomic E-state index is 0.249. The van der Waals surface area contributed by atoms with E-state index in [0.717, 1.165) is 0 Å². The minimum atomic E-state index is -0.652. The fourth-order valence-corrected chi connectivity index (χ4v) is 2.37. The predicted molar refractivity (Wildman–Crippen MR) is 103 cm³/mol. The van der Waals surface area contributed by atoms with E-state index in [-0.39, 0.29) is 5.56 Å². The van der Waals surface area contributed by atoms with Crippen LogP contribution in [0.15, 0.2) is 36.4 Å². The summed E-state index contributed by atoms with van der Waals surface area (Å²) in [5.41, 5.74) is 0.687. The second kappa shape index (κ2) is 10.1. The van der Waals surface area contributed by atoms with Crippen LogP contribution < -0.4 is 24.3 Å². The quantitative estimate of drug-likeness (QED) is 0.659. The molecule has 2 rings (SSSR count). The molecule has 0 aromatic heterocycles. The molecule has 0 atom stereocenters.